The monoisotopic (exact) mass is 417 g/mol. The third-order valence-electron chi connectivity index (χ3n) is 6.43. The number of hydrogen-bond acceptors (Lipinski definition) is 4. The maximum Gasteiger partial charge on any atom is 0.306 e. The first-order valence-electron chi connectivity index (χ1n) is 12.0. The quantitative estimate of drug-likeness (QED) is 0.278. The van der Waals surface area contributed by atoms with Gasteiger partial charge in [0.1, 0.15) is 11.4 Å². The third-order valence-corrected chi connectivity index (χ3v) is 6.43. The van der Waals surface area contributed by atoms with Gasteiger partial charge in [-0.15, -0.1) is 0 Å². The van der Waals surface area contributed by atoms with E-state index in [4.69, 9.17) is 9.47 Å². The summed E-state index contributed by atoms with van der Waals surface area (Å²) in [5.41, 5.74) is 0.538. The number of unbranched alkanes of at least 4 members (excludes halogenated alkanes) is 6. The standard InChI is InChI=1S/C26H43NO3/c1-5-6-7-8-9-10-11-18-25(28)30-26(22-16-14-17-24(20-22)29-4)19-13-12-15-23(26)21-27(2)3/h14,16-17,20,23H,5-13,15,18-19,21H2,1-4H3/t23-,26+/m1/s1. The highest BCUT2D eigenvalue weighted by atomic mass is 16.6. The third kappa shape index (κ3) is 7.30. The number of hydrogen-bond donors (Lipinski definition) is 0. The van der Waals surface area contributed by atoms with Gasteiger partial charge >= 0.3 is 5.97 Å². The predicted octanol–water partition coefficient (Wildman–Crippen LogP) is 6.33. The van der Waals surface area contributed by atoms with E-state index < -0.39 is 5.60 Å². The van der Waals surface area contributed by atoms with Crippen LogP contribution in [0, 0.1) is 5.92 Å². The molecule has 1 saturated carbocycles. The second-order valence-corrected chi connectivity index (χ2v) is 9.17. The summed E-state index contributed by atoms with van der Waals surface area (Å²) in [6.07, 6.45) is 13.2. The highest BCUT2D eigenvalue weighted by molar-refractivity contribution is 5.70. The summed E-state index contributed by atoms with van der Waals surface area (Å²) in [5.74, 6) is 1.08. The summed E-state index contributed by atoms with van der Waals surface area (Å²) in [7, 11) is 5.90. The van der Waals surface area contributed by atoms with Gasteiger partial charge < -0.3 is 14.4 Å². The van der Waals surface area contributed by atoms with Gasteiger partial charge in [0, 0.05) is 18.9 Å². The lowest BCUT2D eigenvalue weighted by molar-refractivity contribution is -0.174. The van der Waals surface area contributed by atoms with Crippen LogP contribution in [0.15, 0.2) is 24.3 Å². The van der Waals surface area contributed by atoms with Crippen molar-refractivity contribution in [3.63, 3.8) is 0 Å². The normalized spacial score (nSPS) is 21.6. The highest BCUT2D eigenvalue weighted by Gasteiger charge is 2.45. The molecule has 0 bridgehead atoms. The Labute approximate surface area is 184 Å². The van der Waals surface area contributed by atoms with Gasteiger partial charge in [0.05, 0.1) is 7.11 Å². The summed E-state index contributed by atoms with van der Waals surface area (Å²) in [5, 5.41) is 0. The second kappa shape index (κ2) is 13.0. The number of benzene rings is 1. The van der Waals surface area contributed by atoms with Crippen molar-refractivity contribution in [2.45, 2.75) is 89.6 Å². The Morgan fingerprint density at radius 3 is 2.53 bits per heavy atom. The van der Waals surface area contributed by atoms with E-state index in [9.17, 15) is 4.79 Å². The molecule has 2 atom stereocenters. The number of nitrogens with zero attached hydrogens (tertiary/aromatic N) is 1. The van der Waals surface area contributed by atoms with E-state index in [1.807, 2.05) is 12.1 Å². The fourth-order valence-corrected chi connectivity index (χ4v) is 4.84. The van der Waals surface area contributed by atoms with Gasteiger partial charge in [0.25, 0.3) is 0 Å². The molecule has 2 rings (SSSR count). The van der Waals surface area contributed by atoms with Gasteiger partial charge in [0.2, 0.25) is 0 Å². The molecule has 0 unspecified atom stereocenters. The minimum Gasteiger partial charge on any atom is -0.497 e. The van der Waals surface area contributed by atoms with Crippen LogP contribution in [0.3, 0.4) is 0 Å². The first kappa shape index (κ1) is 24.7. The van der Waals surface area contributed by atoms with Crippen molar-refractivity contribution in [3.05, 3.63) is 29.8 Å². The summed E-state index contributed by atoms with van der Waals surface area (Å²) < 4.78 is 11.9. The number of rotatable bonds is 13. The van der Waals surface area contributed by atoms with E-state index in [2.05, 4.69) is 38.1 Å². The molecule has 0 saturated heterocycles. The Balaban J connectivity index is 2.08. The zero-order valence-electron chi connectivity index (χ0n) is 19.8. The van der Waals surface area contributed by atoms with E-state index in [1.165, 1.54) is 38.5 Å². The molecule has 1 aromatic rings. The van der Waals surface area contributed by atoms with Crippen LogP contribution in [0.2, 0.25) is 0 Å². The Kier molecular flexibility index (Phi) is 10.7. The van der Waals surface area contributed by atoms with E-state index in [0.717, 1.165) is 50.0 Å². The minimum absolute atomic E-state index is 0.0444. The van der Waals surface area contributed by atoms with Crippen LogP contribution in [0.5, 0.6) is 5.75 Å². The number of carbonyl (C=O) groups excluding carboxylic acids is 1. The van der Waals surface area contributed by atoms with E-state index in [0.29, 0.717) is 12.3 Å². The number of ether oxygens (including phenoxy) is 2. The molecule has 0 aliphatic heterocycles. The van der Waals surface area contributed by atoms with Crippen LogP contribution < -0.4 is 4.74 Å². The first-order chi connectivity index (χ1) is 14.5. The second-order valence-electron chi connectivity index (χ2n) is 9.17. The molecule has 0 radical (unpaired) electrons. The maximum absolute atomic E-state index is 12.9. The van der Waals surface area contributed by atoms with E-state index >= 15 is 0 Å². The molecule has 0 heterocycles. The zero-order chi connectivity index (χ0) is 21.8. The van der Waals surface area contributed by atoms with Crippen LogP contribution in [0.25, 0.3) is 0 Å². The summed E-state index contributed by atoms with van der Waals surface area (Å²) in [6, 6.07) is 8.15. The molecule has 4 nitrogen and oxygen atoms in total. The fourth-order valence-electron chi connectivity index (χ4n) is 4.84. The van der Waals surface area contributed by atoms with Gasteiger partial charge in [-0.25, -0.2) is 0 Å². The van der Waals surface area contributed by atoms with Gasteiger partial charge in [0.15, 0.2) is 0 Å². The molecule has 0 amide bonds. The Morgan fingerprint density at radius 1 is 1.10 bits per heavy atom. The number of esters is 1. The Bertz CT molecular complexity index is 630. The molecule has 1 aliphatic carbocycles. The minimum atomic E-state index is -0.546. The van der Waals surface area contributed by atoms with Crippen LogP contribution in [-0.2, 0) is 15.1 Å². The summed E-state index contributed by atoms with van der Waals surface area (Å²) in [4.78, 5) is 15.2. The summed E-state index contributed by atoms with van der Waals surface area (Å²) >= 11 is 0. The van der Waals surface area contributed by atoms with Crippen LogP contribution >= 0.6 is 0 Å². The lowest BCUT2D eigenvalue weighted by Crippen LogP contribution is -2.46. The Morgan fingerprint density at radius 2 is 1.83 bits per heavy atom. The maximum atomic E-state index is 12.9. The fraction of sp³-hybridized carbons (Fsp3) is 0.731. The molecule has 0 spiro atoms. The predicted molar refractivity (Wildman–Crippen MR) is 124 cm³/mol. The topological polar surface area (TPSA) is 38.8 Å². The van der Waals surface area contributed by atoms with Gasteiger partial charge in [-0.2, -0.15) is 0 Å². The van der Waals surface area contributed by atoms with Crippen LogP contribution in [0.1, 0.15) is 89.5 Å². The number of carbonyl (C=O) groups is 1. The summed E-state index contributed by atoms with van der Waals surface area (Å²) in [6.45, 7) is 3.16. The molecule has 4 heteroatoms. The van der Waals surface area contributed by atoms with Crippen molar-refractivity contribution >= 4 is 5.97 Å². The first-order valence-corrected chi connectivity index (χ1v) is 12.0. The molecule has 0 aromatic heterocycles. The van der Waals surface area contributed by atoms with Gasteiger partial charge in [-0.1, -0.05) is 64.0 Å². The van der Waals surface area contributed by atoms with E-state index in [1.54, 1.807) is 7.11 Å². The van der Waals surface area contributed by atoms with Gasteiger partial charge in [-0.05, 0) is 57.5 Å². The van der Waals surface area contributed by atoms with Crippen molar-refractivity contribution in [3.8, 4) is 5.75 Å². The van der Waals surface area contributed by atoms with Crippen molar-refractivity contribution < 1.29 is 14.3 Å². The molecule has 1 aromatic carbocycles. The highest BCUT2D eigenvalue weighted by Crippen LogP contribution is 2.46. The largest absolute Gasteiger partial charge is 0.497 e. The average Bonchev–Trinajstić information content (AvgIpc) is 2.74. The number of methoxy groups -OCH3 is 1. The molecule has 30 heavy (non-hydrogen) atoms. The lowest BCUT2D eigenvalue weighted by Gasteiger charge is -2.45. The van der Waals surface area contributed by atoms with Crippen LogP contribution in [-0.4, -0.2) is 38.6 Å². The van der Waals surface area contributed by atoms with Crippen molar-refractivity contribution in [1.82, 2.24) is 4.90 Å². The van der Waals surface area contributed by atoms with Crippen LogP contribution in [0.4, 0.5) is 0 Å². The van der Waals surface area contributed by atoms with Crippen molar-refractivity contribution in [1.29, 1.82) is 0 Å². The van der Waals surface area contributed by atoms with E-state index in [-0.39, 0.29) is 5.97 Å². The molecular formula is C26H43NO3. The molecular weight excluding hydrogens is 374 g/mol. The average molecular weight is 418 g/mol. The zero-order valence-corrected chi connectivity index (χ0v) is 19.8. The molecule has 1 aliphatic rings. The lowest BCUT2D eigenvalue weighted by atomic mass is 9.71. The van der Waals surface area contributed by atoms with Crippen molar-refractivity contribution in [2.75, 3.05) is 27.7 Å². The Hall–Kier alpha value is -1.55. The van der Waals surface area contributed by atoms with Crippen molar-refractivity contribution in [2.24, 2.45) is 5.92 Å². The molecule has 1 fully saturated rings. The molecule has 170 valence electrons. The van der Waals surface area contributed by atoms with Gasteiger partial charge in [-0.3, -0.25) is 4.79 Å². The smallest absolute Gasteiger partial charge is 0.306 e. The molecule has 0 N–H and O–H groups in total. The SMILES string of the molecule is CCCCCCCCCC(=O)O[C@]1(c2cccc(OC)c2)CCCC[C@@H]1CN(C)C.